The monoisotopic (exact) mass is 378 g/mol. The maximum atomic E-state index is 12.5. The summed E-state index contributed by atoms with van der Waals surface area (Å²) in [6, 6.07) is 2.13. The molecule has 0 aromatic carbocycles. The van der Waals surface area contributed by atoms with Gasteiger partial charge in [-0.15, -0.1) is 0 Å². The topological polar surface area (TPSA) is 42.4 Å². The molecule has 2 heterocycles. The SMILES string of the molecule is COc1cncc(C2=CCC3C4CC=C5N(C)C(=O)CC5(C)C4CCC23C)c1. The van der Waals surface area contributed by atoms with E-state index in [-0.39, 0.29) is 16.7 Å². The van der Waals surface area contributed by atoms with E-state index in [4.69, 9.17) is 4.74 Å². The Morgan fingerprint density at radius 1 is 1.14 bits per heavy atom. The summed E-state index contributed by atoms with van der Waals surface area (Å²) in [7, 11) is 3.66. The van der Waals surface area contributed by atoms with E-state index in [0.717, 1.165) is 18.6 Å². The van der Waals surface area contributed by atoms with Gasteiger partial charge < -0.3 is 9.64 Å². The number of hydrogen-bond donors (Lipinski definition) is 0. The average Bonchev–Trinajstić information content (AvgIpc) is 3.15. The summed E-state index contributed by atoms with van der Waals surface area (Å²) in [5, 5.41) is 0. The van der Waals surface area contributed by atoms with Gasteiger partial charge in [-0.3, -0.25) is 9.78 Å². The number of rotatable bonds is 2. The van der Waals surface area contributed by atoms with Crippen LogP contribution in [0.1, 0.15) is 51.5 Å². The molecule has 5 rings (SSSR count). The lowest BCUT2D eigenvalue weighted by atomic mass is 9.50. The van der Waals surface area contributed by atoms with Crippen molar-refractivity contribution in [2.24, 2.45) is 28.6 Å². The first kappa shape index (κ1) is 18.0. The molecule has 0 N–H and O–H groups in total. The van der Waals surface area contributed by atoms with Crippen LogP contribution in [0.2, 0.25) is 0 Å². The van der Waals surface area contributed by atoms with Crippen molar-refractivity contribution in [3.8, 4) is 5.75 Å². The first-order valence-corrected chi connectivity index (χ1v) is 10.6. The predicted octanol–water partition coefficient (Wildman–Crippen LogP) is 4.68. The molecule has 5 unspecified atom stereocenters. The van der Waals surface area contributed by atoms with Crippen LogP contribution in [0.5, 0.6) is 5.75 Å². The Kier molecular flexibility index (Phi) is 3.82. The highest BCUT2D eigenvalue weighted by atomic mass is 16.5. The molecule has 1 saturated carbocycles. The summed E-state index contributed by atoms with van der Waals surface area (Å²) >= 11 is 0. The number of methoxy groups -OCH3 is 1. The quantitative estimate of drug-likeness (QED) is 0.750. The third kappa shape index (κ3) is 2.23. The lowest BCUT2D eigenvalue weighted by Gasteiger charge is -2.54. The number of amides is 1. The predicted molar refractivity (Wildman–Crippen MR) is 109 cm³/mol. The second-order valence-corrected chi connectivity index (χ2v) is 9.67. The van der Waals surface area contributed by atoms with Crippen LogP contribution in [0, 0.1) is 28.6 Å². The molecular formula is C24H30N2O2. The van der Waals surface area contributed by atoms with Gasteiger partial charge >= 0.3 is 0 Å². The highest BCUT2D eigenvalue weighted by molar-refractivity contribution is 5.83. The Balaban J connectivity index is 1.49. The van der Waals surface area contributed by atoms with Gasteiger partial charge in [-0.25, -0.2) is 0 Å². The fraction of sp³-hybridized carbons (Fsp3) is 0.583. The van der Waals surface area contributed by atoms with Crippen LogP contribution in [0.15, 0.2) is 36.3 Å². The lowest BCUT2D eigenvalue weighted by Crippen LogP contribution is -2.47. The van der Waals surface area contributed by atoms with Crippen molar-refractivity contribution in [2.75, 3.05) is 14.2 Å². The van der Waals surface area contributed by atoms with E-state index in [2.05, 4.69) is 37.0 Å². The van der Waals surface area contributed by atoms with Crippen molar-refractivity contribution >= 4 is 11.5 Å². The van der Waals surface area contributed by atoms with E-state index in [9.17, 15) is 4.79 Å². The molecule has 2 fully saturated rings. The van der Waals surface area contributed by atoms with Crippen LogP contribution < -0.4 is 4.74 Å². The highest BCUT2D eigenvalue weighted by Gasteiger charge is 2.59. The minimum Gasteiger partial charge on any atom is -0.495 e. The molecule has 0 radical (unpaired) electrons. The molecule has 3 aliphatic carbocycles. The van der Waals surface area contributed by atoms with Gasteiger partial charge in [0.15, 0.2) is 0 Å². The molecule has 4 nitrogen and oxygen atoms in total. The van der Waals surface area contributed by atoms with Crippen molar-refractivity contribution in [3.05, 3.63) is 41.9 Å². The third-order valence-corrected chi connectivity index (χ3v) is 8.52. The summed E-state index contributed by atoms with van der Waals surface area (Å²) in [6.45, 7) is 4.80. The summed E-state index contributed by atoms with van der Waals surface area (Å²) in [4.78, 5) is 18.8. The molecule has 1 amide bonds. The molecule has 0 spiro atoms. The van der Waals surface area contributed by atoms with Gasteiger partial charge in [0, 0.05) is 30.8 Å². The van der Waals surface area contributed by atoms with E-state index < -0.39 is 0 Å². The standard InChI is InChI=1S/C24H30N2O2/c1-23-10-9-20-17(5-8-21-24(20,2)12-22(27)26(21)3)19(23)7-6-18(23)15-11-16(28-4)14-25-13-15/h6,8,11,13-14,17,19-20H,5,7,9-10,12H2,1-4H3. The van der Waals surface area contributed by atoms with Crippen LogP contribution in [0.3, 0.4) is 0 Å². The number of hydrogen-bond acceptors (Lipinski definition) is 3. The molecule has 1 aromatic heterocycles. The minimum atomic E-state index is 0.0242. The number of carbonyl (C=O) groups excluding carboxylic acids is 1. The number of fused-ring (bicyclic) bond motifs is 5. The van der Waals surface area contributed by atoms with Gasteiger partial charge in [-0.05, 0) is 66.1 Å². The molecule has 1 saturated heterocycles. The van der Waals surface area contributed by atoms with Crippen LogP contribution in [0.25, 0.3) is 5.57 Å². The zero-order valence-electron chi connectivity index (χ0n) is 17.4. The number of likely N-dealkylation sites (tertiary alicyclic amines) is 1. The summed E-state index contributed by atoms with van der Waals surface area (Å²) in [6.07, 6.45) is 13.9. The fourth-order valence-corrected chi connectivity index (χ4v) is 7.08. The van der Waals surface area contributed by atoms with Crippen LogP contribution in [-0.2, 0) is 4.79 Å². The molecule has 0 bridgehead atoms. The van der Waals surface area contributed by atoms with E-state index in [1.54, 1.807) is 13.3 Å². The maximum absolute atomic E-state index is 12.5. The zero-order valence-corrected chi connectivity index (χ0v) is 17.4. The van der Waals surface area contributed by atoms with E-state index in [1.807, 2.05) is 18.1 Å². The van der Waals surface area contributed by atoms with Crippen LogP contribution in [-0.4, -0.2) is 29.9 Å². The maximum Gasteiger partial charge on any atom is 0.227 e. The smallest absolute Gasteiger partial charge is 0.227 e. The molecule has 4 heteroatoms. The van der Waals surface area contributed by atoms with Crippen molar-refractivity contribution < 1.29 is 9.53 Å². The van der Waals surface area contributed by atoms with Gasteiger partial charge in [-0.2, -0.15) is 0 Å². The van der Waals surface area contributed by atoms with Gasteiger partial charge in [-0.1, -0.05) is 26.0 Å². The first-order chi connectivity index (χ1) is 13.4. The first-order valence-electron chi connectivity index (χ1n) is 10.6. The van der Waals surface area contributed by atoms with E-state index in [0.29, 0.717) is 24.2 Å². The van der Waals surface area contributed by atoms with Gasteiger partial charge in [0.1, 0.15) is 5.75 Å². The second-order valence-electron chi connectivity index (χ2n) is 9.67. The van der Waals surface area contributed by atoms with Crippen molar-refractivity contribution in [1.29, 1.82) is 0 Å². The normalized spacial score (nSPS) is 39.1. The Morgan fingerprint density at radius 3 is 2.75 bits per heavy atom. The lowest BCUT2D eigenvalue weighted by molar-refractivity contribution is -0.126. The molecule has 148 valence electrons. The van der Waals surface area contributed by atoms with E-state index in [1.165, 1.54) is 29.7 Å². The summed E-state index contributed by atoms with van der Waals surface area (Å²) in [5.41, 5.74) is 4.14. The zero-order chi connectivity index (χ0) is 19.7. The fourth-order valence-electron chi connectivity index (χ4n) is 7.08. The Labute approximate surface area is 167 Å². The van der Waals surface area contributed by atoms with Gasteiger partial charge in [0.25, 0.3) is 0 Å². The molecule has 4 aliphatic rings. The number of allylic oxidation sites excluding steroid dienone is 4. The molecule has 1 aromatic rings. The van der Waals surface area contributed by atoms with Crippen LogP contribution >= 0.6 is 0 Å². The number of pyridine rings is 1. The Bertz CT molecular complexity index is 904. The Hall–Kier alpha value is -2.10. The van der Waals surface area contributed by atoms with Crippen molar-refractivity contribution in [2.45, 2.75) is 46.0 Å². The third-order valence-electron chi connectivity index (χ3n) is 8.52. The van der Waals surface area contributed by atoms with Crippen molar-refractivity contribution in [1.82, 2.24) is 9.88 Å². The molecule has 1 aliphatic heterocycles. The largest absolute Gasteiger partial charge is 0.495 e. The number of aromatic nitrogens is 1. The molecular weight excluding hydrogens is 348 g/mol. The number of nitrogens with zero attached hydrogens (tertiary/aromatic N) is 2. The van der Waals surface area contributed by atoms with Gasteiger partial charge in [0.2, 0.25) is 5.91 Å². The highest BCUT2D eigenvalue weighted by Crippen LogP contribution is 2.66. The molecule has 28 heavy (non-hydrogen) atoms. The molecule has 5 atom stereocenters. The van der Waals surface area contributed by atoms with Crippen molar-refractivity contribution in [3.63, 3.8) is 0 Å². The van der Waals surface area contributed by atoms with Crippen LogP contribution in [0.4, 0.5) is 0 Å². The summed E-state index contributed by atoms with van der Waals surface area (Å²) < 4.78 is 5.42. The average molecular weight is 379 g/mol. The minimum absolute atomic E-state index is 0.0242. The number of carbonyl (C=O) groups is 1. The number of ether oxygens (including phenoxy) is 1. The Morgan fingerprint density at radius 2 is 1.96 bits per heavy atom. The summed E-state index contributed by atoms with van der Waals surface area (Å²) in [5.74, 6) is 3.01. The van der Waals surface area contributed by atoms with Gasteiger partial charge in [0.05, 0.1) is 13.3 Å². The van der Waals surface area contributed by atoms with E-state index >= 15 is 0 Å². The second kappa shape index (κ2) is 5.95.